The Bertz CT molecular complexity index is 963. The van der Waals surface area contributed by atoms with Crippen LogP contribution < -0.4 is 4.90 Å². The van der Waals surface area contributed by atoms with Crippen LogP contribution in [0.4, 0.5) is 11.4 Å². The highest BCUT2D eigenvalue weighted by molar-refractivity contribution is 7.86. The molecule has 1 saturated heterocycles. The first kappa shape index (κ1) is 20.6. The number of non-ortho nitro benzene ring substituents is 1. The Kier molecular flexibility index (Phi) is 6.22. The van der Waals surface area contributed by atoms with Crippen LogP contribution in [0.5, 0.6) is 0 Å². The van der Waals surface area contributed by atoms with Gasteiger partial charge in [0.2, 0.25) is 0 Å². The second kappa shape index (κ2) is 8.46. The molecule has 2 aromatic rings. The lowest BCUT2D eigenvalue weighted by atomic mass is 9.98. The highest BCUT2D eigenvalue weighted by Gasteiger charge is 2.25. The molecule has 1 unspecified atom stereocenters. The number of halogens is 1. The molecule has 1 fully saturated rings. The van der Waals surface area contributed by atoms with Crippen LogP contribution in [0.25, 0.3) is 0 Å². The van der Waals surface area contributed by atoms with Gasteiger partial charge < -0.3 is 4.90 Å². The molecule has 0 amide bonds. The first-order chi connectivity index (χ1) is 13.3. The van der Waals surface area contributed by atoms with E-state index in [-0.39, 0.29) is 23.1 Å². The fourth-order valence-electron chi connectivity index (χ4n) is 3.24. The molecular weight excluding hydrogens is 404 g/mol. The molecular formula is C19H21ClN2O5S. The number of hydrogen-bond acceptors (Lipinski definition) is 6. The lowest BCUT2D eigenvalue weighted by Gasteiger charge is -2.34. The van der Waals surface area contributed by atoms with Gasteiger partial charge in [-0.2, -0.15) is 8.42 Å². The summed E-state index contributed by atoms with van der Waals surface area (Å²) >= 11 is 6.22. The number of benzene rings is 2. The van der Waals surface area contributed by atoms with E-state index < -0.39 is 15.0 Å². The lowest BCUT2D eigenvalue weighted by molar-refractivity contribution is -0.384. The van der Waals surface area contributed by atoms with Crippen molar-refractivity contribution in [2.75, 3.05) is 24.6 Å². The molecule has 2 aromatic carbocycles. The molecule has 0 bridgehead atoms. The monoisotopic (exact) mass is 424 g/mol. The van der Waals surface area contributed by atoms with E-state index in [4.69, 9.17) is 15.8 Å². The molecule has 0 aromatic heterocycles. The van der Waals surface area contributed by atoms with Crippen molar-refractivity contribution in [1.29, 1.82) is 0 Å². The minimum atomic E-state index is -3.80. The summed E-state index contributed by atoms with van der Waals surface area (Å²) in [5, 5.41) is 11.2. The highest BCUT2D eigenvalue weighted by atomic mass is 35.5. The van der Waals surface area contributed by atoms with Gasteiger partial charge in [-0.05, 0) is 38.0 Å². The number of hydrogen-bond donors (Lipinski definition) is 0. The Morgan fingerprint density at radius 2 is 1.96 bits per heavy atom. The molecule has 9 heteroatoms. The molecule has 1 aliphatic rings. The zero-order valence-electron chi connectivity index (χ0n) is 15.4. The van der Waals surface area contributed by atoms with Gasteiger partial charge in [0.05, 0.1) is 27.1 Å². The summed E-state index contributed by atoms with van der Waals surface area (Å²) in [5.41, 5.74) is 1.62. The molecule has 0 spiro atoms. The van der Waals surface area contributed by atoms with Crippen molar-refractivity contribution < 1.29 is 17.5 Å². The van der Waals surface area contributed by atoms with Crippen LogP contribution in [-0.2, 0) is 14.3 Å². The van der Waals surface area contributed by atoms with Gasteiger partial charge in [-0.3, -0.25) is 14.3 Å². The third-order valence-electron chi connectivity index (χ3n) is 4.77. The van der Waals surface area contributed by atoms with Crippen molar-refractivity contribution in [1.82, 2.24) is 0 Å². The van der Waals surface area contributed by atoms with E-state index in [1.165, 1.54) is 24.3 Å². The van der Waals surface area contributed by atoms with Gasteiger partial charge in [-0.25, -0.2) is 0 Å². The third kappa shape index (κ3) is 4.81. The average Bonchev–Trinajstić information content (AvgIpc) is 2.67. The first-order valence-corrected chi connectivity index (χ1v) is 10.7. The topological polar surface area (TPSA) is 89.8 Å². The van der Waals surface area contributed by atoms with Crippen LogP contribution in [0, 0.1) is 23.0 Å². The summed E-state index contributed by atoms with van der Waals surface area (Å²) in [6.45, 7) is 3.29. The normalized spacial score (nSPS) is 17.5. The lowest BCUT2D eigenvalue weighted by Crippen LogP contribution is -2.37. The Hall–Kier alpha value is -2.16. The highest BCUT2D eigenvalue weighted by Crippen LogP contribution is 2.33. The van der Waals surface area contributed by atoms with E-state index in [1.54, 1.807) is 18.2 Å². The minimum absolute atomic E-state index is 0.0141. The van der Waals surface area contributed by atoms with E-state index in [0.717, 1.165) is 24.9 Å². The summed E-state index contributed by atoms with van der Waals surface area (Å²) in [7, 11) is -3.80. The number of nitro benzene ring substituents is 1. The first-order valence-electron chi connectivity index (χ1n) is 8.91. The summed E-state index contributed by atoms with van der Waals surface area (Å²) in [4.78, 5) is 12.5. The number of piperidine rings is 1. The Morgan fingerprint density at radius 3 is 2.61 bits per heavy atom. The van der Waals surface area contributed by atoms with Gasteiger partial charge in [0, 0.05) is 31.1 Å². The van der Waals surface area contributed by atoms with Crippen molar-refractivity contribution in [3.63, 3.8) is 0 Å². The van der Waals surface area contributed by atoms with E-state index in [0.29, 0.717) is 17.3 Å². The van der Waals surface area contributed by atoms with E-state index in [9.17, 15) is 18.5 Å². The van der Waals surface area contributed by atoms with Crippen LogP contribution >= 0.6 is 11.6 Å². The molecule has 1 heterocycles. The van der Waals surface area contributed by atoms with Gasteiger partial charge >= 0.3 is 0 Å². The molecule has 1 aliphatic heterocycles. The maximum absolute atomic E-state index is 12.4. The smallest absolute Gasteiger partial charge is 0.296 e. The van der Waals surface area contributed by atoms with Crippen LogP contribution in [0.2, 0.25) is 5.02 Å². The number of nitro groups is 1. The van der Waals surface area contributed by atoms with Crippen molar-refractivity contribution in [3.8, 4) is 0 Å². The van der Waals surface area contributed by atoms with Gasteiger partial charge in [-0.15, -0.1) is 0 Å². The van der Waals surface area contributed by atoms with Crippen LogP contribution in [0.3, 0.4) is 0 Å². The summed E-state index contributed by atoms with van der Waals surface area (Å²) in [6.07, 6.45) is 1.69. The number of rotatable bonds is 6. The van der Waals surface area contributed by atoms with Gasteiger partial charge in [-0.1, -0.05) is 29.3 Å². The van der Waals surface area contributed by atoms with Crippen molar-refractivity contribution in [2.24, 2.45) is 5.92 Å². The average molecular weight is 425 g/mol. The van der Waals surface area contributed by atoms with Gasteiger partial charge in [0.25, 0.3) is 15.8 Å². The molecule has 150 valence electrons. The van der Waals surface area contributed by atoms with E-state index in [2.05, 4.69) is 0 Å². The second-order valence-corrected chi connectivity index (χ2v) is 8.92. The summed E-state index contributed by atoms with van der Waals surface area (Å²) in [6, 6.07) is 10.9. The van der Waals surface area contributed by atoms with Gasteiger partial charge in [0.1, 0.15) is 0 Å². The number of nitrogens with zero attached hydrogens (tertiary/aromatic N) is 2. The van der Waals surface area contributed by atoms with Crippen LogP contribution in [0.15, 0.2) is 47.4 Å². The predicted molar refractivity (Wildman–Crippen MR) is 107 cm³/mol. The molecule has 0 N–H and O–H groups in total. The predicted octanol–water partition coefficient (Wildman–Crippen LogP) is 4.18. The largest absolute Gasteiger partial charge is 0.370 e. The zero-order chi connectivity index (χ0) is 20.3. The van der Waals surface area contributed by atoms with Gasteiger partial charge in [0.15, 0.2) is 0 Å². The van der Waals surface area contributed by atoms with Crippen LogP contribution in [0.1, 0.15) is 18.4 Å². The molecule has 3 rings (SSSR count). The van der Waals surface area contributed by atoms with Crippen LogP contribution in [-0.4, -0.2) is 33.0 Å². The Labute approximate surface area is 169 Å². The van der Waals surface area contributed by atoms with E-state index in [1.807, 2.05) is 11.8 Å². The SMILES string of the molecule is Cc1ccc(S(=O)(=O)OCC2CCCN(c3ccc([N+](=O)[O-])cc3Cl)C2)cc1. The molecule has 28 heavy (non-hydrogen) atoms. The quantitative estimate of drug-likeness (QED) is 0.392. The second-order valence-electron chi connectivity index (χ2n) is 6.90. The molecule has 1 atom stereocenters. The summed E-state index contributed by atoms with van der Waals surface area (Å²) < 4.78 is 30.0. The van der Waals surface area contributed by atoms with Crippen molar-refractivity contribution >= 4 is 33.1 Å². The molecule has 7 nitrogen and oxygen atoms in total. The maximum Gasteiger partial charge on any atom is 0.296 e. The number of aryl methyl sites for hydroxylation is 1. The van der Waals surface area contributed by atoms with Crippen molar-refractivity contribution in [3.05, 3.63) is 63.2 Å². The fraction of sp³-hybridized carbons (Fsp3) is 0.368. The van der Waals surface area contributed by atoms with E-state index >= 15 is 0 Å². The maximum atomic E-state index is 12.4. The minimum Gasteiger partial charge on any atom is -0.370 e. The Balaban J connectivity index is 1.65. The standard InChI is InChI=1S/C19H21ClN2O5S/c1-14-4-7-17(8-5-14)28(25,26)27-13-15-3-2-10-21(12-15)19-9-6-16(22(23)24)11-18(19)20/h4-9,11,15H,2-3,10,12-13H2,1H3. The fourth-order valence-corrected chi connectivity index (χ4v) is 4.52. The molecule has 0 radical (unpaired) electrons. The molecule has 0 aliphatic carbocycles. The zero-order valence-corrected chi connectivity index (χ0v) is 16.9. The van der Waals surface area contributed by atoms with Crippen molar-refractivity contribution in [2.45, 2.75) is 24.7 Å². The number of anilines is 1. The molecule has 0 saturated carbocycles. The Morgan fingerprint density at radius 1 is 1.25 bits per heavy atom. The third-order valence-corrected chi connectivity index (χ3v) is 6.37. The summed E-state index contributed by atoms with van der Waals surface area (Å²) in [5.74, 6) is 0.0141.